The standard InChI is InChI=1S/C17H15N3O3/c1-9(2)10-4-5-13-12(6-10)16(21)15-14(23-13)7-11(8-18)17(19-15)20(3)22/h4-7,9,22H,1-3H3. The van der Waals surface area contributed by atoms with Gasteiger partial charge in [0.1, 0.15) is 17.2 Å². The molecule has 3 rings (SSSR count). The summed E-state index contributed by atoms with van der Waals surface area (Å²) in [6.45, 7) is 4.08. The third kappa shape index (κ3) is 2.41. The van der Waals surface area contributed by atoms with E-state index in [0.717, 1.165) is 5.56 Å². The highest BCUT2D eigenvalue weighted by atomic mass is 16.5. The second-order valence-corrected chi connectivity index (χ2v) is 5.68. The number of hydrogen-bond donors (Lipinski definition) is 1. The maximum atomic E-state index is 12.7. The van der Waals surface area contributed by atoms with Crippen LogP contribution >= 0.6 is 0 Å². The number of pyridine rings is 1. The minimum absolute atomic E-state index is 0.0201. The summed E-state index contributed by atoms with van der Waals surface area (Å²) in [6.07, 6.45) is 0. The maximum Gasteiger partial charge on any atom is 0.219 e. The van der Waals surface area contributed by atoms with E-state index in [9.17, 15) is 10.0 Å². The average Bonchev–Trinajstić information content (AvgIpc) is 2.53. The number of fused-ring (bicyclic) bond motifs is 2. The molecule has 116 valence electrons. The Morgan fingerprint density at radius 1 is 1.30 bits per heavy atom. The van der Waals surface area contributed by atoms with Crippen LogP contribution in [-0.4, -0.2) is 17.2 Å². The monoisotopic (exact) mass is 309 g/mol. The van der Waals surface area contributed by atoms with Crippen LogP contribution in [0, 0.1) is 11.3 Å². The van der Waals surface area contributed by atoms with Crippen LogP contribution in [0.25, 0.3) is 22.1 Å². The number of aromatic nitrogens is 1. The first-order valence-corrected chi connectivity index (χ1v) is 7.16. The van der Waals surface area contributed by atoms with Gasteiger partial charge in [-0.1, -0.05) is 19.9 Å². The van der Waals surface area contributed by atoms with Crippen molar-refractivity contribution in [2.24, 2.45) is 0 Å². The minimum Gasteiger partial charge on any atom is -0.454 e. The Balaban J connectivity index is 2.42. The van der Waals surface area contributed by atoms with Crippen LogP contribution in [0.15, 0.2) is 33.5 Å². The lowest BCUT2D eigenvalue weighted by Gasteiger charge is -2.12. The van der Waals surface area contributed by atoms with Gasteiger partial charge in [0, 0.05) is 13.1 Å². The van der Waals surface area contributed by atoms with Gasteiger partial charge < -0.3 is 4.42 Å². The fraction of sp³-hybridized carbons (Fsp3) is 0.235. The van der Waals surface area contributed by atoms with Crippen LogP contribution < -0.4 is 10.5 Å². The Morgan fingerprint density at radius 2 is 2.04 bits per heavy atom. The summed E-state index contributed by atoms with van der Waals surface area (Å²) >= 11 is 0. The molecule has 0 unspecified atom stereocenters. The van der Waals surface area contributed by atoms with Gasteiger partial charge in [0.05, 0.1) is 5.39 Å². The Kier molecular flexibility index (Phi) is 3.51. The van der Waals surface area contributed by atoms with E-state index in [-0.39, 0.29) is 33.8 Å². The lowest BCUT2D eigenvalue weighted by molar-refractivity contribution is 0.276. The van der Waals surface area contributed by atoms with Crippen molar-refractivity contribution in [2.75, 3.05) is 12.1 Å². The summed E-state index contributed by atoms with van der Waals surface area (Å²) in [5, 5.41) is 19.9. The molecule has 0 atom stereocenters. The Bertz CT molecular complexity index is 1010. The molecule has 0 amide bonds. The smallest absolute Gasteiger partial charge is 0.219 e. The van der Waals surface area contributed by atoms with E-state index in [1.165, 1.54) is 13.1 Å². The molecule has 0 saturated heterocycles. The zero-order valence-electron chi connectivity index (χ0n) is 13.0. The van der Waals surface area contributed by atoms with Crippen LogP contribution in [0.2, 0.25) is 0 Å². The van der Waals surface area contributed by atoms with Crippen molar-refractivity contribution in [1.29, 1.82) is 5.26 Å². The van der Waals surface area contributed by atoms with E-state index in [2.05, 4.69) is 4.98 Å². The highest BCUT2D eigenvalue weighted by Gasteiger charge is 2.16. The second-order valence-electron chi connectivity index (χ2n) is 5.68. The van der Waals surface area contributed by atoms with Crippen molar-refractivity contribution in [2.45, 2.75) is 19.8 Å². The first-order chi connectivity index (χ1) is 10.9. The lowest BCUT2D eigenvalue weighted by atomic mass is 10.0. The van der Waals surface area contributed by atoms with E-state index in [4.69, 9.17) is 9.68 Å². The predicted molar refractivity (Wildman–Crippen MR) is 86.8 cm³/mol. The molecule has 0 saturated carbocycles. The molecular formula is C17H15N3O3. The van der Waals surface area contributed by atoms with Crippen LogP contribution in [0.4, 0.5) is 5.82 Å². The third-order valence-corrected chi connectivity index (χ3v) is 3.74. The topological polar surface area (TPSA) is 90.4 Å². The molecule has 0 aliphatic heterocycles. The van der Waals surface area contributed by atoms with Crippen molar-refractivity contribution < 1.29 is 9.62 Å². The van der Waals surface area contributed by atoms with Gasteiger partial charge in [-0.2, -0.15) is 5.26 Å². The van der Waals surface area contributed by atoms with Crippen molar-refractivity contribution in [1.82, 2.24) is 4.98 Å². The molecule has 0 fully saturated rings. The van der Waals surface area contributed by atoms with Gasteiger partial charge in [-0.15, -0.1) is 0 Å². The quantitative estimate of drug-likeness (QED) is 0.577. The molecule has 0 aliphatic carbocycles. The van der Waals surface area contributed by atoms with Gasteiger partial charge in [-0.05, 0) is 23.6 Å². The van der Waals surface area contributed by atoms with Crippen LogP contribution in [0.1, 0.15) is 30.9 Å². The van der Waals surface area contributed by atoms with E-state index in [1.54, 1.807) is 12.1 Å². The van der Waals surface area contributed by atoms with E-state index >= 15 is 0 Å². The summed E-state index contributed by atoms with van der Waals surface area (Å²) < 4.78 is 5.73. The number of rotatable bonds is 2. The molecule has 1 N–H and O–H groups in total. The molecule has 1 aromatic carbocycles. The summed E-state index contributed by atoms with van der Waals surface area (Å²) in [4.78, 5) is 16.8. The number of benzene rings is 1. The molecule has 0 aliphatic rings. The average molecular weight is 309 g/mol. The van der Waals surface area contributed by atoms with Gasteiger partial charge in [0.2, 0.25) is 5.43 Å². The fourth-order valence-electron chi connectivity index (χ4n) is 2.47. The number of nitrogens with zero attached hydrogens (tertiary/aromatic N) is 3. The molecule has 23 heavy (non-hydrogen) atoms. The summed E-state index contributed by atoms with van der Waals surface area (Å²) in [5.41, 5.74) is 1.63. The largest absolute Gasteiger partial charge is 0.454 e. The van der Waals surface area contributed by atoms with E-state index in [0.29, 0.717) is 16.0 Å². The highest BCUT2D eigenvalue weighted by Crippen LogP contribution is 2.25. The van der Waals surface area contributed by atoms with Crippen molar-refractivity contribution in [3.8, 4) is 6.07 Å². The normalized spacial score (nSPS) is 11.1. The first kappa shape index (κ1) is 15.0. The van der Waals surface area contributed by atoms with Gasteiger partial charge in [-0.25, -0.2) is 10.0 Å². The van der Waals surface area contributed by atoms with Crippen LogP contribution in [0.5, 0.6) is 0 Å². The van der Waals surface area contributed by atoms with Crippen LogP contribution in [-0.2, 0) is 0 Å². The minimum atomic E-state index is -0.281. The molecule has 0 spiro atoms. The molecule has 6 nitrogen and oxygen atoms in total. The highest BCUT2D eigenvalue weighted by molar-refractivity contribution is 5.89. The number of nitriles is 1. The van der Waals surface area contributed by atoms with Crippen molar-refractivity contribution in [3.05, 3.63) is 45.6 Å². The summed E-state index contributed by atoms with van der Waals surface area (Å²) in [7, 11) is 1.34. The predicted octanol–water partition coefficient (Wildman–Crippen LogP) is 3.16. The fourth-order valence-corrected chi connectivity index (χ4v) is 2.47. The van der Waals surface area contributed by atoms with Gasteiger partial charge in [0.15, 0.2) is 16.9 Å². The van der Waals surface area contributed by atoms with Crippen molar-refractivity contribution in [3.63, 3.8) is 0 Å². The van der Waals surface area contributed by atoms with Gasteiger partial charge >= 0.3 is 0 Å². The van der Waals surface area contributed by atoms with Gasteiger partial charge in [-0.3, -0.25) is 10.0 Å². The Morgan fingerprint density at radius 3 is 2.65 bits per heavy atom. The molecule has 3 aromatic rings. The van der Waals surface area contributed by atoms with Gasteiger partial charge in [0.25, 0.3) is 0 Å². The maximum absolute atomic E-state index is 12.7. The molecule has 0 radical (unpaired) electrons. The summed E-state index contributed by atoms with van der Waals surface area (Å²) in [5.74, 6) is 0.300. The Labute approximate surface area is 132 Å². The summed E-state index contributed by atoms with van der Waals surface area (Å²) in [6, 6.07) is 8.82. The zero-order valence-corrected chi connectivity index (χ0v) is 13.0. The lowest BCUT2D eigenvalue weighted by Crippen LogP contribution is -2.15. The van der Waals surface area contributed by atoms with E-state index in [1.807, 2.05) is 26.0 Å². The second kappa shape index (κ2) is 5.38. The third-order valence-electron chi connectivity index (χ3n) is 3.74. The molecule has 2 heterocycles. The SMILES string of the molecule is CC(C)c1ccc2oc3cc(C#N)c(N(C)O)nc3c(=O)c2c1. The number of hydrogen-bond acceptors (Lipinski definition) is 6. The van der Waals surface area contributed by atoms with E-state index < -0.39 is 0 Å². The molecule has 6 heteroatoms. The Hall–Kier alpha value is -2.91. The zero-order chi connectivity index (χ0) is 16.7. The molecular weight excluding hydrogens is 294 g/mol. The molecule has 2 aromatic heterocycles. The van der Waals surface area contributed by atoms with Crippen molar-refractivity contribution >= 4 is 27.9 Å². The first-order valence-electron chi connectivity index (χ1n) is 7.16. The van der Waals surface area contributed by atoms with Crippen LogP contribution in [0.3, 0.4) is 0 Å². The molecule has 0 bridgehead atoms. The number of anilines is 1. The number of hydroxylamine groups is 1.